The Balaban J connectivity index is 2.11. The van der Waals surface area contributed by atoms with Crippen LogP contribution in [0.4, 0.5) is 5.82 Å². The number of rotatable bonds is 2. The number of carbonyl (C=O) groups excluding carboxylic acids is 1. The summed E-state index contributed by atoms with van der Waals surface area (Å²) in [6, 6.07) is 1.95. The lowest BCUT2D eigenvalue weighted by atomic mass is 9.80. The Morgan fingerprint density at radius 1 is 1.50 bits per heavy atom. The maximum Gasteiger partial charge on any atom is 0.231 e. The zero-order valence-corrected chi connectivity index (χ0v) is 12.3. The molecule has 1 amide bonds. The van der Waals surface area contributed by atoms with Crippen LogP contribution in [0, 0.1) is 12.3 Å². The molecule has 0 radical (unpaired) electrons. The van der Waals surface area contributed by atoms with E-state index in [0.717, 1.165) is 36.0 Å². The zero-order chi connectivity index (χ0) is 13.2. The van der Waals surface area contributed by atoms with E-state index in [0.29, 0.717) is 5.82 Å². The fraction of sp³-hybridized carbons (Fsp3) is 0.538. The van der Waals surface area contributed by atoms with Crippen molar-refractivity contribution < 1.29 is 4.79 Å². The fourth-order valence-corrected chi connectivity index (χ4v) is 2.58. The number of anilines is 1. The molecule has 1 aromatic rings. The van der Waals surface area contributed by atoms with Gasteiger partial charge in [-0.25, -0.2) is 4.98 Å². The van der Waals surface area contributed by atoms with Crippen molar-refractivity contribution in [2.75, 3.05) is 18.4 Å². The third kappa shape index (κ3) is 2.90. The summed E-state index contributed by atoms with van der Waals surface area (Å²) in [7, 11) is 0. The lowest BCUT2D eigenvalue weighted by Gasteiger charge is -2.32. The van der Waals surface area contributed by atoms with E-state index in [1.54, 1.807) is 6.20 Å². The molecule has 1 aliphatic rings. The molecule has 18 heavy (non-hydrogen) atoms. The fourth-order valence-electron chi connectivity index (χ4n) is 2.14. The largest absolute Gasteiger partial charge is 0.317 e. The molecule has 0 aromatic carbocycles. The highest BCUT2D eigenvalue weighted by atomic mass is 79.9. The van der Waals surface area contributed by atoms with Gasteiger partial charge in [0.2, 0.25) is 5.91 Å². The first-order valence-electron chi connectivity index (χ1n) is 6.16. The first-order valence-corrected chi connectivity index (χ1v) is 6.95. The van der Waals surface area contributed by atoms with E-state index in [9.17, 15) is 4.79 Å². The second-order valence-corrected chi connectivity index (χ2v) is 6.00. The van der Waals surface area contributed by atoms with Crippen LogP contribution in [0.5, 0.6) is 0 Å². The molecule has 1 aliphatic heterocycles. The molecule has 1 fully saturated rings. The number of piperidine rings is 1. The van der Waals surface area contributed by atoms with Gasteiger partial charge in [-0.2, -0.15) is 0 Å². The van der Waals surface area contributed by atoms with E-state index in [1.165, 1.54) is 0 Å². The minimum atomic E-state index is -0.285. The maximum absolute atomic E-state index is 12.3. The van der Waals surface area contributed by atoms with E-state index in [4.69, 9.17) is 0 Å². The first kappa shape index (κ1) is 13.5. The second kappa shape index (κ2) is 5.36. The topological polar surface area (TPSA) is 54.0 Å². The molecule has 0 unspecified atom stereocenters. The van der Waals surface area contributed by atoms with Crippen molar-refractivity contribution in [1.29, 1.82) is 0 Å². The van der Waals surface area contributed by atoms with Gasteiger partial charge in [-0.1, -0.05) is 6.92 Å². The van der Waals surface area contributed by atoms with Gasteiger partial charge in [0.05, 0.1) is 0 Å². The number of hydrogen-bond acceptors (Lipinski definition) is 3. The van der Waals surface area contributed by atoms with Crippen LogP contribution in [-0.2, 0) is 4.79 Å². The van der Waals surface area contributed by atoms with Crippen molar-refractivity contribution in [1.82, 2.24) is 10.3 Å². The minimum absolute atomic E-state index is 0.0712. The average Bonchev–Trinajstić information content (AvgIpc) is 2.33. The lowest BCUT2D eigenvalue weighted by Crippen LogP contribution is -2.43. The van der Waals surface area contributed by atoms with Gasteiger partial charge in [0.1, 0.15) is 5.82 Å². The molecular formula is C13H18BrN3O. The third-order valence-electron chi connectivity index (χ3n) is 3.53. The number of carbonyl (C=O) groups is 1. The van der Waals surface area contributed by atoms with Gasteiger partial charge in [0, 0.05) is 16.1 Å². The van der Waals surface area contributed by atoms with Crippen LogP contribution in [0.15, 0.2) is 16.7 Å². The molecule has 0 saturated carbocycles. The summed E-state index contributed by atoms with van der Waals surface area (Å²) in [4.78, 5) is 16.6. The monoisotopic (exact) mass is 311 g/mol. The first-order chi connectivity index (χ1) is 8.51. The van der Waals surface area contributed by atoms with Crippen molar-refractivity contribution in [2.45, 2.75) is 26.7 Å². The van der Waals surface area contributed by atoms with Crippen LogP contribution in [-0.4, -0.2) is 24.0 Å². The van der Waals surface area contributed by atoms with Crippen molar-refractivity contribution in [3.63, 3.8) is 0 Å². The van der Waals surface area contributed by atoms with Crippen LogP contribution < -0.4 is 10.6 Å². The molecule has 4 nitrogen and oxygen atoms in total. The van der Waals surface area contributed by atoms with Gasteiger partial charge in [0.25, 0.3) is 0 Å². The maximum atomic E-state index is 12.3. The molecule has 2 N–H and O–H groups in total. The van der Waals surface area contributed by atoms with E-state index in [1.807, 2.05) is 19.9 Å². The summed E-state index contributed by atoms with van der Waals surface area (Å²) in [5, 5.41) is 6.22. The van der Waals surface area contributed by atoms with Crippen LogP contribution in [0.2, 0.25) is 0 Å². The van der Waals surface area contributed by atoms with Crippen molar-refractivity contribution in [2.24, 2.45) is 5.41 Å². The van der Waals surface area contributed by atoms with Crippen LogP contribution in [0.1, 0.15) is 25.3 Å². The Labute approximate surface area is 116 Å². The standard InChI is InChI=1S/C13H18BrN3O/c1-9-7-10(14)8-16-11(9)17-12(18)13(2)3-5-15-6-4-13/h7-8,15H,3-6H2,1-2H3,(H,16,17,18). The summed E-state index contributed by atoms with van der Waals surface area (Å²) < 4.78 is 0.922. The van der Waals surface area contributed by atoms with E-state index >= 15 is 0 Å². The predicted molar refractivity (Wildman–Crippen MR) is 75.5 cm³/mol. The molecule has 0 atom stereocenters. The zero-order valence-electron chi connectivity index (χ0n) is 10.7. The Hall–Kier alpha value is -0.940. The highest BCUT2D eigenvalue weighted by molar-refractivity contribution is 9.10. The van der Waals surface area contributed by atoms with Gasteiger partial charge < -0.3 is 10.6 Å². The minimum Gasteiger partial charge on any atom is -0.317 e. The van der Waals surface area contributed by atoms with Gasteiger partial charge in [-0.15, -0.1) is 0 Å². The molecular weight excluding hydrogens is 294 g/mol. The highest BCUT2D eigenvalue weighted by Gasteiger charge is 2.34. The van der Waals surface area contributed by atoms with Crippen LogP contribution in [0.3, 0.4) is 0 Å². The summed E-state index contributed by atoms with van der Waals surface area (Å²) in [6.07, 6.45) is 3.44. The molecule has 5 heteroatoms. The summed E-state index contributed by atoms with van der Waals surface area (Å²) >= 11 is 3.37. The van der Waals surface area contributed by atoms with Crippen molar-refractivity contribution in [3.8, 4) is 0 Å². The van der Waals surface area contributed by atoms with Gasteiger partial charge >= 0.3 is 0 Å². The van der Waals surface area contributed by atoms with Crippen LogP contribution in [0.25, 0.3) is 0 Å². The van der Waals surface area contributed by atoms with Crippen molar-refractivity contribution in [3.05, 3.63) is 22.3 Å². The van der Waals surface area contributed by atoms with E-state index in [-0.39, 0.29) is 11.3 Å². The average molecular weight is 312 g/mol. The van der Waals surface area contributed by atoms with Gasteiger partial charge in [-0.05, 0) is 60.4 Å². The Morgan fingerprint density at radius 3 is 2.78 bits per heavy atom. The number of halogens is 1. The van der Waals surface area contributed by atoms with E-state index in [2.05, 4.69) is 31.5 Å². The Kier molecular flexibility index (Phi) is 4.02. The molecule has 2 rings (SSSR count). The quantitative estimate of drug-likeness (QED) is 0.882. The second-order valence-electron chi connectivity index (χ2n) is 5.08. The number of amides is 1. The van der Waals surface area contributed by atoms with Gasteiger partial charge in [0.15, 0.2) is 0 Å². The molecule has 1 aromatic heterocycles. The number of pyridine rings is 1. The summed E-state index contributed by atoms with van der Waals surface area (Å²) in [5.74, 6) is 0.727. The highest BCUT2D eigenvalue weighted by Crippen LogP contribution is 2.30. The smallest absolute Gasteiger partial charge is 0.231 e. The SMILES string of the molecule is Cc1cc(Br)cnc1NC(=O)C1(C)CCNCC1. The van der Waals surface area contributed by atoms with Crippen LogP contribution >= 0.6 is 15.9 Å². The predicted octanol–water partition coefficient (Wildman–Crippen LogP) is 2.48. The summed E-state index contributed by atoms with van der Waals surface area (Å²) in [6.45, 7) is 5.77. The van der Waals surface area contributed by atoms with Gasteiger partial charge in [-0.3, -0.25) is 4.79 Å². The molecule has 1 saturated heterocycles. The lowest BCUT2D eigenvalue weighted by molar-refractivity contribution is -0.126. The number of nitrogens with one attached hydrogen (secondary N) is 2. The molecule has 0 aliphatic carbocycles. The normalized spacial score (nSPS) is 18.4. The Morgan fingerprint density at radius 2 is 2.17 bits per heavy atom. The molecule has 2 heterocycles. The summed E-state index contributed by atoms with van der Waals surface area (Å²) in [5.41, 5.74) is 0.683. The number of aryl methyl sites for hydroxylation is 1. The number of hydrogen-bond donors (Lipinski definition) is 2. The van der Waals surface area contributed by atoms with Crippen molar-refractivity contribution >= 4 is 27.7 Å². The molecule has 0 bridgehead atoms. The number of aromatic nitrogens is 1. The van der Waals surface area contributed by atoms with E-state index < -0.39 is 0 Å². The third-order valence-corrected chi connectivity index (χ3v) is 3.97. The Bertz CT molecular complexity index is 456. The number of nitrogens with zero attached hydrogens (tertiary/aromatic N) is 1. The molecule has 0 spiro atoms. The molecule has 98 valence electrons.